The molecule has 2 aromatic carbocycles. The molecule has 1 saturated heterocycles. The number of ether oxygens (including phenoxy) is 1. The van der Waals surface area contributed by atoms with E-state index < -0.39 is 15.3 Å². The molecular weight excluding hydrogens is 548 g/mol. The third-order valence-electron chi connectivity index (χ3n) is 6.90. The zero-order valence-corrected chi connectivity index (χ0v) is 23.3. The first kappa shape index (κ1) is 27.1. The summed E-state index contributed by atoms with van der Waals surface area (Å²) < 4.78 is 34.1. The van der Waals surface area contributed by atoms with Gasteiger partial charge in [0.2, 0.25) is 15.9 Å². The van der Waals surface area contributed by atoms with Crippen molar-refractivity contribution in [2.24, 2.45) is 0 Å². The predicted molar refractivity (Wildman–Crippen MR) is 148 cm³/mol. The van der Waals surface area contributed by atoms with E-state index in [1.165, 1.54) is 28.2 Å². The Hall–Kier alpha value is -2.44. The van der Waals surface area contributed by atoms with Crippen LogP contribution in [0.15, 0.2) is 57.3 Å². The molecule has 1 N–H and O–H groups in total. The fourth-order valence-electron chi connectivity index (χ4n) is 4.82. The molecule has 9 nitrogen and oxygen atoms in total. The fourth-order valence-corrected chi connectivity index (χ4v) is 7.37. The third-order valence-corrected chi connectivity index (χ3v) is 10.1. The molecule has 0 bridgehead atoms. The highest BCUT2D eigenvalue weighted by Crippen LogP contribution is 2.34. The summed E-state index contributed by atoms with van der Waals surface area (Å²) in [6, 6.07) is 11.2. The Balaban J connectivity index is 1.34. The molecule has 0 radical (unpaired) electrons. The molecule has 202 valence electrons. The van der Waals surface area contributed by atoms with Gasteiger partial charge in [0.1, 0.15) is 0 Å². The van der Waals surface area contributed by atoms with Gasteiger partial charge in [0, 0.05) is 29.8 Å². The van der Waals surface area contributed by atoms with E-state index in [1.54, 1.807) is 41.8 Å². The molecular formula is C26H29ClN4O5S2. The van der Waals surface area contributed by atoms with Crippen LogP contribution in [0.3, 0.4) is 0 Å². The van der Waals surface area contributed by atoms with E-state index in [-0.39, 0.29) is 22.4 Å². The highest BCUT2D eigenvalue weighted by Gasteiger charge is 2.27. The standard InChI is InChI=1S/C26H29ClN4O5S2/c1-17(24(32)28-19-7-9-21(10-8-19)38(34,35)30-12-14-36-15-13-30)37-26-29-23-16-18(27)6-11-22(23)25(33)31(26)20-4-2-3-5-20/h6-11,16-17,20H,2-5,12-15H2,1H3,(H,28,32). The molecule has 1 aliphatic heterocycles. The number of sulfonamides is 1. The number of carbonyl (C=O) groups is 1. The van der Waals surface area contributed by atoms with Crippen molar-refractivity contribution in [3.63, 3.8) is 0 Å². The maximum atomic E-state index is 13.4. The van der Waals surface area contributed by atoms with Crippen LogP contribution in [0.5, 0.6) is 0 Å². The zero-order chi connectivity index (χ0) is 26.9. The summed E-state index contributed by atoms with van der Waals surface area (Å²) in [6.07, 6.45) is 3.89. The molecule has 2 heterocycles. The van der Waals surface area contributed by atoms with E-state index >= 15 is 0 Å². The van der Waals surface area contributed by atoms with Crippen LogP contribution in [0, 0.1) is 0 Å². The lowest BCUT2D eigenvalue weighted by atomic mass is 10.2. The van der Waals surface area contributed by atoms with Crippen molar-refractivity contribution in [2.45, 2.75) is 54.0 Å². The van der Waals surface area contributed by atoms with E-state index in [4.69, 9.17) is 21.3 Å². The van der Waals surface area contributed by atoms with E-state index in [0.29, 0.717) is 53.1 Å². The summed E-state index contributed by atoms with van der Waals surface area (Å²) in [7, 11) is -3.62. The van der Waals surface area contributed by atoms with Gasteiger partial charge in [-0.3, -0.25) is 14.2 Å². The van der Waals surface area contributed by atoms with Crippen molar-refractivity contribution in [1.82, 2.24) is 13.9 Å². The van der Waals surface area contributed by atoms with Crippen molar-refractivity contribution in [3.8, 4) is 0 Å². The number of rotatable bonds is 7. The quantitative estimate of drug-likeness (QED) is 0.330. The molecule has 1 unspecified atom stereocenters. The van der Waals surface area contributed by atoms with E-state index in [9.17, 15) is 18.0 Å². The Morgan fingerprint density at radius 1 is 1.13 bits per heavy atom. The first-order chi connectivity index (χ1) is 18.2. The van der Waals surface area contributed by atoms with E-state index in [0.717, 1.165) is 25.7 Å². The van der Waals surface area contributed by atoms with Gasteiger partial charge in [0.15, 0.2) is 5.16 Å². The Labute approximate surface area is 230 Å². The Kier molecular flexibility index (Phi) is 8.11. The minimum atomic E-state index is -3.62. The summed E-state index contributed by atoms with van der Waals surface area (Å²) in [4.78, 5) is 31.4. The van der Waals surface area contributed by atoms with Gasteiger partial charge in [0.25, 0.3) is 5.56 Å². The second kappa shape index (κ2) is 11.4. The molecule has 5 rings (SSSR count). The number of hydrogen-bond donors (Lipinski definition) is 1. The number of anilines is 1. The molecule has 2 fully saturated rings. The van der Waals surface area contributed by atoms with Gasteiger partial charge in [-0.2, -0.15) is 4.31 Å². The monoisotopic (exact) mass is 576 g/mol. The number of amides is 1. The summed E-state index contributed by atoms with van der Waals surface area (Å²) >= 11 is 7.38. The molecule has 1 saturated carbocycles. The number of nitrogens with zero attached hydrogens (tertiary/aromatic N) is 3. The van der Waals surface area contributed by atoms with Crippen LogP contribution in [0.25, 0.3) is 10.9 Å². The maximum absolute atomic E-state index is 13.4. The summed E-state index contributed by atoms with van der Waals surface area (Å²) in [6.45, 7) is 3.13. The van der Waals surface area contributed by atoms with E-state index in [1.807, 2.05) is 0 Å². The van der Waals surface area contributed by atoms with Crippen molar-refractivity contribution in [3.05, 3.63) is 57.8 Å². The van der Waals surface area contributed by atoms with Gasteiger partial charge >= 0.3 is 0 Å². The number of aromatic nitrogens is 2. The number of thioether (sulfide) groups is 1. The average Bonchev–Trinajstić information content (AvgIpc) is 3.44. The van der Waals surface area contributed by atoms with Crippen molar-refractivity contribution >= 4 is 55.9 Å². The second-order valence-corrected chi connectivity index (χ2v) is 13.1. The van der Waals surface area contributed by atoms with Crippen LogP contribution >= 0.6 is 23.4 Å². The molecule has 1 aliphatic carbocycles. The SMILES string of the molecule is CC(Sc1nc2cc(Cl)ccc2c(=O)n1C1CCCC1)C(=O)Nc1ccc(S(=O)(=O)N2CCOCC2)cc1. The average molecular weight is 577 g/mol. The number of hydrogen-bond acceptors (Lipinski definition) is 7. The van der Waals surface area contributed by atoms with Crippen LogP contribution in [0.4, 0.5) is 5.69 Å². The van der Waals surface area contributed by atoms with Gasteiger partial charge in [0.05, 0.1) is 34.3 Å². The number of morpholine rings is 1. The van der Waals surface area contributed by atoms with Crippen molar-refractivity contribution in [1.29, 1.82) is 0 Å². The summed E-state index contributed by atoms with van der Waals surface area (Å²) in [5, 5.41) is 3.77. The lowest BCUT2D eigenvalue weighted by Crippen LogP contribution is -2.40. The summed E-state index contributed by atoms with van der Waals surface area (Å²) in [5.41, 5.74) is 0.865. The smallest absolute Gasteiger partial charge is 0.262 e. The maximum Gasteiger partial charge on any atom is 0.262 e. The number of halogens is 1. The van der Waals surface area contributed by atoms with Crippen LogP contribution < -0.4 is 10.9 Å². The van der Waals surface area contributed by atoms with Crippen LogP contribution in [0.1, 0.15) is 38.6 Å². The van der Waals surface area contributed by atoms with Crippen molar-refractivity contribution < 1.29 is 17.9 Å². The fraction of sp³-hybridized carbons (Fsp3) is 0.423. The number of benzene rings is 2. The number of fused-ring (bicyclic) bond motifs is 1. The lowest BCUT2D eigenvalue weighted by molar-refractivity contribution is -0.115. The Morgan fingerprint density at radius 3 is 2.50 bits per heavy atom. The largest absolute Gasteiger partial charge is 0.379 e. The van der Waals surface area contributed by atoms with Crippen LogP contribution in [-0.4, -0.2) is 59.7 Å². The Morgan fingerprint density at radius 2 is 1.82 bits per heavy atom. The normalized spacial score (nSPS) is 18.1. The molecule has 12 heteroatoms. The van der Waals surface area contributed by atoms with Gasteiger partial charge in [-0.25, -0.2) is 13.4 Å². The number of carbonyl (C=O) groups excluding carboxylic acids is 1. The minimum Gasteiger partial charge on any atom is -0.379 e. The molecule has 38 heavy (non-hydrogen) atoms. The van der Waals surface area contributed by atoms with E-state index in [2.05, 4.69) is 5.32 Å². The first-order valence-corrected chi connectivity index (χ1v) is 15.3. The van der Waals surface area contributed by atoms with Gasteiger partial charge in [-0.15, -0.1) is 0 Å². The van der Waals surface area contributed by atoms with Gasteiger partial charge in [-0.1, -0.05) is 36.2 Å². The van der Waals surface area contributed by atoms with Gasteiger partial charge < -0.3 is 10.1 Å². The predicted octanol–water partition coefficient (Wildman–Crippen LogP) is 4.31. The highest BCUT2D eigenvalue weighted by molar-refractivity contribution is 8.00. The molecule has 0 spiro atoms. The van der Waals surface area contributed by atoms with Crippen LogP contribution in [0.2, 0.25) is 5.02 Å². The Bertz CT molecular complexity index is 1500. The number of nitrogens with one attached hydrogen (secondary N) is 1. The minimum absolute atomic E-state index is 0.0498. The molecule has 3 aromatic rings. The third kappa shape index (κ3) is 5.62. The molecule has 1 amide bonds. The highest BCUT2D eigenvalue weighted by atomic mass is 35.5. The molecule has 1 aromatic heterocycles. The molecule has 1 atom stereocenters. The topological polar surface area (TPSA) is 111 Å². The summed E-state index contributed by atoms with van der Waals surface area (Å²) in [5.74, 6) is -0.280. The lowest BCUT2D eigenvalue weighted by Gasteiger charge is -2.26. The molecule has 2 aliphatic rings. The van der Waals surface area contributed by atoms with Gasteiger partial charge in [-0.05, 0) is 62.2 Å². The first-order valence-electron chi connectivity index (χ1n) is 12.6. The zero-order valence-electron chi connectivity index (χ0n) is 20.9. The van der Waals surface area contributed by atoms with Crippen molar-refractivity contribution in [2.75, 3.05) is 31.6 Å². The second-order valence-electron chi connectivity index (χ2n) is 9.46. The van der Waals surface area contributed by atoms with Crippen LogP contribution in [-0.2, 0) is 19.6 Å².